The van der Waals surface area contributed by atoms with Crippen molar-refractivity contribution < 1.29 is 13.2 Å². The number of carbonyl (C=O) groups is 1. The van der Waals surface area contributed by atoms with Crippen molar-refractivity contribution >= 4 is 34.2 Å². The summed E-state index contributed by atoms with van der Waals surface area (Å²) in [5.41, 5.74) is 0.701. The molecule has 1 aliphatic heterocycles. The number of sulfonamides is 1. The van der Waals surface area contributed by atoms with Crippen molar-refractivity contribution in [2.24, 2.45) is 0 Å². The number of nitrogens with one attached hydrogen (secondary N) is 1. The van der Waals surface area contributed by atoms with Gasteiger partial charge in [-0.2, -0.15) is 12.6 Å². The van der Waals surface area contributed by atoms with E-state index in [0.29, 0.717) is 18.7 Å². The van der Waals surface area contributed by atoms with Crippen LogP contribution < -0.4 is 9.62 Å². The first-order valence-corrected chi connectivity index (χ1v) is 7.46. The lowest BCUT2D eigenvalue weighted by Gasteiger charge is -2.16. The third-order valence-electron chi connectivity index (χ3n) is 2.83. The summed E-state index contributed by atoms with van der Waals surface area (Å²) in [6.07, 6.45) is 0.416. The molecule has 1 saturated heterocycles. The highest BCUT2D eigenvalue weighted by Crippen LogP contribution is 2.25. The van der Waals surface area contributed by atoms with Gasteiger partial charge in [0.1, 0.15) is 0 Å². The van der Waals surface area contributed by atoms with Crippen molar-refractivity contribution in [1.29, 1.82) is 0 Å². The fraction of sp³-hybridized carbons (Fsp3) is 0.364. The summed E-state index contributed by atoms with van der Waals surface area (Å²) < 4.78 is 25.3. The van der Waals surface area contributed by atoms with Gasteiger partial charge in [0.2, 0.25) is 15.9 Å². The highest BCUT2D eigenvalue weighted by molar-refractivity contribution is 7.89. The minimum absolute atomic E-state index is 0.0132. The fourth-order valence-corrected chi connectivity index (χ4v) is 2.91. The number of anilines is 1. The lowest BCUT2D eigenvalue weighted by atomic mass is 10.3. The summed E-state index contributed by atoms with van der Waals surface area (Å²) in [4.78, 5) is 13.5. The molecule has 0 saturated carbocycles. The molecular weight excluding hydrogens is 272 g/mol. The number of hydrogen-bond acceptors (Lipinski definition) is 4. The molecule has 7 heteroatoms. The molecule has 18 heavy (non-hydrogen) atoms. The maximum Gasteiger partial charge on any atom is 0.240 e. The molecule has 0 radical (unpaired) electrons. The molecule has 1 atom stereocenters. The van der Waals surface area contributed by atoms with E-state index in [1.807, 2.05) is 0 Å². The Bertz CT molecular complexity index is 554. The summed E-state index contributed by atoms with van der Waals surface area (Å²) in [6, 6.07) is 6.24. The molecule has 0 spiro atoms. The van der Waals surface area contributed by atoms with Gasteiger partial charge in [0.15, 0.2) is 0 Å². The van der Waals surface area contributed by atoms with Crippen LogP contribution in [0.15, 0.2) is 29.2 Å². The SMILES string of the molecule is CNS(=O)(=O)c1ccc(N2CC(S)CC2=O)cc1. The highest BCUT2D eigenvalue weighted by atomic mass is 32.2. The lowest BCUT2D eigenvalue weighted by molar-refractivity contribution is -0.117. The van der Waals surface area contributed by atoms with E-state index < -0.39 is 10.0 Å². The van der Waals surface area contributed by atoms with Crippen LogP contribution in [0.1, 0.15) is 6.42 Å². The predicted octanol–water partition coefficient (Wildman–Crippen LogP) is 0.630. The van der Waals surface area contributed by atoms with Gasteiger partial charge < -0.3 is 4.90 Å². The number of rotatable bonds is 3. The van der Waals surface area contributed by atoms with Crippen molar-refractivity contribution in [3.05, 3.63) is 24.3 Å². The van der Waals surface area contributed by atoms with Crippen molar-refractivity contribution in [1.82, 2.24) is 4.72 Å². The smallest absolute Gasteiger partial charge is 0.240 e. The summed E-state index contributed by atoms with van der Waals surface area (Å²) in [6.45, 7) is 0.556. The first-order valence-electron chi connectivity index (χ1n) is 5.46. The molecule has 98 valence electrons. The number of carbonyl (C=O) groups excluding carboxylic acids is 1. The van der Waals surface area contributed by atoms with Gasteiger partial charge in [-0.3, -0.25) is 4.79 Å². The standard InChI is InChI=1S/C11H14N2O3S2/c1-12-18(15,16)10-4-2-8(3-5-10)13-7-9(17)6-11(13)14/h2-5,9,12,17H,6-7H2,1H3. The second-order valence-corrected chi connectivity index (χ2v) is 6.68. The largest absolute Gasteiger partial charge is 0.311 e. The van der Waals surface area contributed by atoms with Crippen molar-refractivity contribution in [3.63, 3.8) is 0 Å². The number of hydrogen-bond donors (Lipinski definition) is 2. The summed E-state index contributed by atoms with van der Waals surface area (Å²) >= 11 is 4.27. The van der Waals surface area contributed by atoms with Gasteiger partial charge >= 0.3 is 0 Å². The van der Waals surface area contributed by atoms with Gasteiger partial charge in [-0.25, -0.2) is 13.1 Å². The molecule has 1 aromatic rings. The van der Waals surface area contributed by atoms with Gasteiger partial charge in [-0.1, -0.05) is 0 Å². The van der Waals surface area contributed by atoms with E-state index in [4.69, 9.17) is 0 Å². The Hall–Kier alpha value is -1.05. The minimum atomic E-state index is -3.43. The Labute approximate surface area is 112 Å². The number of benzene rings is 1. The molecule has 0 aromatic heterocycles. The van der Waals surface area contributed by atoms with Gasteiger partial charge in [-0.15, -0.1) is 0 Å². The average Bonchev–Trinajstić information content (AvgIpc) is 2.69. The van der Waals surface area contributed by atoms with Crippen molar-refractivity contribution in [3.8, 4) is 0 Å². The molecule has 1 heterocycles. The summed E-state index contributed by atoms with van der Waals surface area (Å²) in [5.74, 6) is 0.0132. The van der Waals surface area contributed by atoms with E-state index in [1.165, 1.54) is 19.2 Å². The van der Waals surface area contributed by atoms with Crippen LogP contribution in [-0.4, -0.2) is 33.2 Å². The number of thiol groups is 1. The summed E-state index contributed by atoms with van der Waals surface area (Å²) in [7, 11) is -2.07. The van der Waals surface area contributed by atoms with Crippen LogP contribution in [0.2, 0.25) is 0 Å². The van der Waals surface area contributed by atoms with Gasteiger partial charge in [0, 0.05) is 23.9 Å². The summed E-state index contributed by atoms with van der Waals surface area (Å²) in [5, 5.41) is 0.0400. The van der Waals surface area contributed by atoms with Crippen molar-refractivity contribution in [2.75, 3.05) is 18.5 Å². The normalized spacial score (nSPS) is 20.4. The molecule has 1 amide bonds. The van der Waals surface area contributed by atoms with E-state index in [0.717, 1.165) is 0 Å². The average molecular weight is 286 g/mol. The third kappa shape index (κ3) is 2.52. The molecule has 1 fully saturated rings. The Morgan fingerprint density at radius 1 is 1.33 bits per heavy atom. The lowest BCUT2D eigenvalue weighted by Crippen LogP contribution is -2.24. The molecule has 1 N–H and O–H groups in total. The number of nitrogens with zero attached hydrogens (tertiary/aromatic N) is 1. The monoisotopic (exact) mass is 286 g/mol. The Kier molecular flexibility index (Phi) is 3.65. The molecule has 1 aliphatic rings. The van der Waals surface area contributed by atoms with Gasteiger partial charge in [0.05, 0.1) is 4.90 Å². The maximum absolute atomic E-state index is 11.7. The van der Waals surface area contributed by atoms with Crippen molar-refractivity contribution in [2.45, 2.75) is 16.6 Å². The van der Waals surface area contributed by atoms with Crippen LogP contribution in [0, 0.1) is 0 Å². The molecule has 0 bridgehead atoms. The molecule has 1 aromatic carbocycles. The molecule has 0 aliphatic carbocycles. The highest BCUT2D eigenvalue weighted by Gasteiger charge is 2.28. The van der Waals surface area contributed by atoms with E-state index in [-0.39, 0.29) is 16.1 Å². The van der Waals surface area contributed by atoms with E-state index >= 15 is 0 Å². The zero-order valence-electron chi connectivity index (χ0n) is 9.83. The Morgan fingerprint density at radius 3 is 2.39 bits per heavy atom. The second-order valence-electron chi connectivity index (χ2n) is 4.06. The number of amides is 1. The molecule has 2 rings (SSSR count). The second kappa shape index (κ2) is 4.91. The topological polar surface area (TPSA) is 66.5 Å². The predicted molar refractivity (Wildman–Crippen MR) is 72.4 cm³/mol. The van der Waals surface area contributed by atoms with E-state index in [2.05, 4.69) is 17.4 Å². The van der Waals surface area contributed by atoms with Gasteiger partial charge in [-0.05, 0) is 31.3 Å². The van der Waals surface area contributed by atoms with Crippen LogP contribution in [0.4, 0.5) is 5.69 Å². The van der Waals surface area contributed by atoms with Crippen LogP contribution in [0.3, 0.4) is 0 Å². The Balaban J connectivity index is 2.26. The zero-order chi connectivity index (χ0) is 13.3. The van der Waals surface area contributed by atoms with Crippen LogP contribution in [0.5, 0.6) is 0 Å². The first kappa shape index (κ1) is 13.4. The molecule has 5 nitrogen and oxygen atoms in total. The molecular formula is C11H14N2O3S2. The first-order chi connectivity index (χ1) is 8.44. The third-order valence-corrected chi connectivity index (χ3v) is 4.61. The minimum Gasteiger partial charge on any atom is -0.311 e. The van der Waals surface area contributed by atoms with E-state index in [1.54, 1.807) is 17.0 Å². The Morgan fingerprint density at radius 2 is 1.94 bits per heavy atom. The van der Waals surface area contributed by atoms with E-state index in [9.17, 15) is 13.2 Å². The fourth-order valence-electron chi connectivity index (χ4n) is 1.86. The van der Waals surface area contributed by atoms with Crippen LogP contribution in [-0.2, 0) is 14.8 Å². The maximum atomic E-state index is 11.7. The van der Waals surface area contributed by atoms with Gasteiger partial charge in [0.25, 0.3) is 0 Å². The van der Waals surface area contributed by atoms with Crippen LogP contribution >= 0.6 is 12.6 Å². The zero-order valence-corrected chi connectivity index (χ0v) is 11.5. The van der Waals surface area contributed by atoms with Crippen LogP contribution in [0.25, 0.3) is 0 Å². The quantitative estimate of drug-likeness (QED) is 0.801. The molecule has 1 unspecified atom stereocenters.